The van der Waals surface area contributed by atoms with Gasteiger partial charge in [0.1, 0.15) is 17.5 Å². The van der Waals surface area contributed by atoms with Crippen molar-refractivity contribution in [1.29, 1.82) is 5.26 Å². The molecular weight excluding hydrogens is 279 g/mol. The molecule has 0 aliphatic rings. The van der Waals surface area contributed by atoms with Crippen LogP contribution in [0.5, 0.6) is 0 Å². The second-order valence-corrected chi connectivity index (χ2v) is 5.00. The summed E-state index contributed by atoms with van der Waals surface area (Å²) in [7, 11) is 0. The number of benzene rings is 2. The Balaban J connectivity index is 2.21. The maximum absolute atomic E-state index is 13.2. The number of hydrogen-bond acceptors (Lipinski definition) is 2. The van der Waals surface area contributed by atoms with Gasteiger partial charge in [0.05, 0.1) is 0 Å². The van der Waals surface area contributed by atoms with Gasteiger partial charge in [-0.2, -0.15) is 5.26 Å². The Hall–Kier alpha value is -2.93. The fraction of sp³-hybridized carbons (Fsp3) is 0.111. The van der Waals surface area contributed by atoms with Crippen LogP contribution in [0.1, 0.15) is 16.7 Å². The number of nitrogens with one attached hydrogen (secondary N) is 1. The van der Waals surface area contributed by atoms with Crippen molar-refractivity contribution in [3.05, 3.63) is 70.5 Å². The van der Waals surface area contributed by atoms with Crippen molar-refractivity contribution in [2.75, 3.05) is 5.32 Å². The predicted molar refractivity (Wildman–Crippen MR) is 84.5 cm³/mol. The molecule has 0 fully saturated rings. The fourth-order valence-electron chi connectivity index (χ4n) is 1.91. The van der Waals surface area contributed by atoms with Gasteiger partial charge in [-0.1, -0.05) is 23.8 Å². The topological polar surface area (TPSA) is 52.9 Å². The molecule has 110 valence electrons. The van der Waals surface area contributed by atoms with Crippen LogP contribution in [0.4, 0.5) is 10.1 Å². The number of aryl methyl sites for hydroxylation is 2. The van der Waals surface area contributed by atoms with Crippen molar-refractivity contribution in [3.8, 4) is 6.07 Å². The molecule has 2 aromatic rings. The molecule has 1 amide bonds. The number of amides is 1. The largest absolute Gasteiger partial charge is 0.321 e. The van der Waals surface area contributed by atoms with Gasteiger partial charge >= 0.3 is 0 Å². The molecule has 0 saturated heterocycles. The molecule has 3 nitrogen and oxygen atoms in total. The zero-order valence-electron chi connectivity index (χ0n) is 12.4. The first-order valence-electron chi connectivity index (χ1n) is 6.75. The van der Waals surface area contributed by atoms with E-state index in [0.29, 0.717) is 16.8 Å². The second kappa shape index (κ2) is 6.68. The normalized spacial score (nSPS) is 10.9. The zero-order chi connectivity index (χ0) is 16.1. The summed E-state index contributed by atoms with van der Waals surface area (Å²) in [6, 6.07) is 13.6. The third kappa shape index (κ3) is 3.80. The van der Waals surface area contributed by atoms with Crippen LogP contribution in [-0.4, -0.2) is 5.91 Å². The van der Waals surface area contributed by atoms with Gasteiger partial charge in [-0.05, 0) is 55.3 Å². The van der Waals surface area contributed by atoms with Crippen LogP contribution in [-0.2, 0) is 4.79 Å². The van der Waals surface area contributed by atoms with E-state index >= 15 is 0 Å². The van der Waals surface area contributed by atoms with Crippen molar-refractivity contribution >= 4 is 17.7 Å². The molecule has 1 N–H and O–H groups in total. The molecule has 22 heavy (non-hydrogen) atoms. The second-order valence-electron chi connectivity index (χ2n) is 5.00. The lowest BCUT2D eigenvalue weighted by Gasteiger charge is -2.05. The van der Waals surface area contributed by atoms with Crippen molar-refractivity contribution in [2.45, 2.75) is 13.8 Å². The van der Waals surface area contributed by atoms with Gasteiger partial charge in [0.25, 0.3) is 5.91 Å². The lowest BCUT2D eigenvalue weighted by molar-refractivity contribution is -0.112. The van der Waals surface area contributed by atoms with E-state index in [0.717, 1.165) is 5.56 Å². The predicted octanol–water partition coefficient (Wildman–Crippen LogP) is 3.99. The van der Waals surface area contributed by atoms with E-state index in [2.05, 4.69) is 5.32 Å². The van der Waals surface area contributed by atoms with E-state index in [1.807, 2.05) is 25.1 Å². The highest BCUT2D eigenvalue weighted by molar-refractivity contribution is 6.09. The average molecular weight is 294 g/mol. The van der Waals surface area contributed by atoms with Gasteiger partial charge in [0.15, 0.2) is 0 Å². The molecule has 0 bridgehead atoms. The van der Waals surface area contributed by atoms with Crippen LogP contribution in [0, 0.1) is 31.0 Å². The molecule has 0 saturated carbocycles. The summed E-state index contributed by atoms with van der Waals surface area (Å²) < 4.78 is 13.2. The molecule has 0 spiro atoms. The summed E-state index contributed by atoms with van der Waals surface area (Å²) in [5.41, 5.74) is 2.73. The number of halogens is 1. The van der Waals surface area contributed by atoms with E-state index in [1.54, 1.807) is 25.1 Å². The Morgan fingerprint density at radius 1 is 1.18 bits per heavy atom. The van der Waals surface area contributed by atoms with E-state index < -0.39 is 5.91 Å². The molecular formula is C18H15FN2O. The Morgan fingerprint density at radius 2 is 1.86 bits per heavy atom. The summed E-state index contributed by atoms with van der Waals surface area (Å²) in [6.07, 6.45) is 1.44. The maximum Gasteiger partial charge on any atom is 0.266 e. The fourth-order valence-corrected chi connectivity index (χ4v) is 1.91. The molecule has 0 aliphatic carbocycles. The van der Waals surface area contributed by atoms with Gasteiger partial charge in [0.2, 0.25) is 0 Å². The van der Waals surface area contributed by atoms with Gasteiger partial charge in [0, 0.05) is 5.69 Å². The van der Waals surface area contributed by atoms with Crippen LogP contribution < -0.4 is 5.32 Å². The highest BCUT2D eigenvalue weighted by Gasteiger charge is 2.10. The summed E-state index contributed by atoms with van der Waals surface area (Å²) in [5.74, 6) is -0.812. The highest BCUT2D eigenvalue weighted by Crippen LogP contribution is 2.14. The smallest absolute Gasteiger partial charge is 0.266 e. The summed E-state index contributed by atoms with van der Waals surface area (Å²) >= 11 is 0. The van der Waals surface area contributed by atoms with E-state index in [9.17, 15) is 9.18 Å². The Morgan fingerprint density at radius 3 is 2.45 bits per heavy atom. The molecule has 0 aliphatic heterocycles. The lowest BCUT2D eigenvalue weighted by atomic mass is 10.1. The van der Waals surface area contributed by atoms with Crippen LogP contribution in [0.3, 0.4) is 0 Å². The molecule has 0 radical (unpaired) electrons. The molecule has 2 rings (SSSR count). The lowest BCUT2D eigenvalue weighted by Crippen LogP contribution is -2.13. The van der Waals surface area contributed by atoms with E-state index in [4.69, 9.17) is 5.26 Å². The van der Waals surface area contributed by atoms with Crippen LogP contribution in [0.2, 0.25) is 0 Å². The molecule has 0 aromatic heterocycles. The van der Waals surface area contributed by atoms with Crippen molar-refractivity contribution in [1.82, 2.24) is 0 Å². The van der Waals surface area contributed by atoms with Crippen LogP contribution in [0.15, 0.2) is 48.0 Å². The van der Waals surface area contributed by atoms with Gasteiger partial charge in [-0.3, -0.25) is 4.79 Å². The highest BCUT2D eigenvalue weighted by atomic mass is 19.1. The zero-order valence-corrected chi connectivity index (χ0v) is 12.4. The van der Waals surface area contributed by atoms with Crippen LogP contribution >= 0.6 is 0 Å². The monoisotopic (exact) mass is 294 g/mol. The standard InChI is InChI=1S/C18H15FN2O/c1-12-3-6-16(7-4-12)21-18(22)15(11-20)10-14-5-8-17(19)13(2)9-14/h3-10H,1-2H3,(H,21,22). The number of anilines is 1. The van der Waals surface area contributed by atoms with Gasteiger partial charge in [-0.15, -0.1) is 0 Å². The van der Waals surface area contributed by atoms with Gasteiger partial charge < -0.3 is 5.32 Å². The van der Waals surface area contributed by atoms with Crippen molar-refractivity contribution in [3.63, 3.8) is 0 Å². The number of carbonyl (C=O) groups excluding carboxylic acids is 1. The first-order chi connectivity index (χ1) is 10.5. The third-order valence-electron chi connectivity index (χ3n) is 3.17. The average Bonchev–Trinajstić information content (AvgIpc) is 2.50. The Bertz CT molecular complexity index is 771. The number of nitrogens with zero attached hydrogens (tertiary/aromatic N) is 1. The third-order valence-corrected chi connectivity index (χ3v) is 3.17. The molecule has 2 aromatic carbocycles. The molecule has 0 atom stereocenters. The summed E-state index contributed by atoms with van der Waals surface area (Å²) in [6.45, 7) is 3.58. The van der Waals surface area contributed by atoms with E-state index in [1.165, 1.54) is 18.2 Å². The van der Waals surface area contributed by atoms with Gasteiger partial charge in [-0.25, -0.2) is 4.39 Å². The molecule has 0 heterocycles. The first kappa shape index (κ1) is 15.5. The summed E-state index contributed by atoms with van der Waals surface area (Å²) in [4.78, 5) is 12.1. The molecule has 0 unspecified atom stereocenters. The Kier molecular flexibility index (Phi) is 4.70. The van der Waals surface area contributed by atoms with Crippen LogP contribution in [0.25, 0.3) is 6.08 Å². The Labute approximate surface area is 128 Å². The number of hydrogen-bond donors (Lipinski definition) is 1. The first-order valence-corrected chi connectivity index (χ1v) is 6.75. The number of rotatable bonds is 3. The minimum atomic E-state index is -0.492. The van der Waals surface area contributed by atoms with Crippen molar-refractivity contribution < 1.29 is 9.18 Å². The summed E-state index contributed by atoms with van der Waals surface area (Å²) in [5, 5.41) is 11.8. The minimum Gasteiger partial charge on any atom is -0.321 e. The maximum atomic E-state index is 13.2. The van der Waals surface area contributed by atoms with E-state index in [-0.39, 0.29) is 11.4 Å². The quantitative estimate of drug-likeness (QED) is 0.687. The SMILES string of the molecule is Cc1ccc(NC(=O)C(C#N)=Cc2ccc(F)c(C)c2)cc1. The number of nitriles is 1. The minimum absolute atomic E-state index is 0.0356. The number of carbonyl (C=O) groups is 1. The molecule has 4 heteroatoms. The van der Waals surface area contributed by atoms with Crippen molar-refractivity contribution in [2.24, 2.45) is 0 Å².